The molecule has 134 valence electrons. The number of hydrogen-bond acceptors (Lipinski definition) is 6. The van der Waals surface area contributed by atoms with Gasteiger partial charge in [0.1, 0.15) is 10.6 Å². The van der Waals surface area contributed by atoms with Gasteiger partial charge in [0.25, 0.3) is 0 Å². The molecule has 0 spiro atoms. The molecular formula is C16H21N5O2S2. The van der Waals surface area contributed by atoms with Gasteiger partial charge >= 0.3 is 0 Å². The summed E-state index contributed by atoms with van der Waals surface area (Å²) in [5, 5.41) is 6.35. The molecule has 0 aliphatic heterocycles. The van der Waals surface area contributed by atoms with Gasteiger partial charge in [0, 0.05) is 30.6 Å². The molecule has 0 aliphatic rings. The standard InChI is InChI=1S/C16H21N5O2S2/c1-16(2,25(4,22)23)12-9-13(17)21-14(20-12)10-5-7-11(8-6-10)19-15(24)18-3/h5-9H,1-4H3,(H2,17,20,21)(H2,18,19,24). The van der Waals surface area contributed by atoms with Crippen LogP contribution in [0.2, 0.25) is 0 Å². The van der Waals surface area contributed by atoms with Crippen LogP contribution in [-0.2, 0) is 14.6 Å². The fraction of sp³-hybridized carbons (Fsp3) is 0.312. The van der Waals surface area contributed by atoms with E-state index in [0.29, 0.717) is 16.6 Å². The highest BCUT2D eigenvalue weighted by Gasteiger charge is 2.34. The Bertz CT molecular complexity index is 893. The van der Waals surface area contributed by atoms with E-state index >= 15 is 0 Å². The summed E-state index contributed by atoms with van der Waals surface area (Å²) in [7, 11) is -1.64. The molecule has 0 fully saturated rings. The van der Waals surface area contributed by atoms with Crippen molar-refractivity contribution in [3.63, 3.8) is 0 Å². The molecule has 1 aromatic heterocycles. The van der Waals surface area contributed by atoms with Crippen LogP contribution in [0.3, 0.4) is 0 Å². The summed E-state index contributed by atoms with van der Waals surface area (Å²) in [5.41, 5.74) is 7.75. The summed E-state index contributed by atoms with van der Waals surface area (Å²) in [6.45, 7) is 3.19. The molecule has 4 N–H and O–H groups in total. The third-order valence-electron chi connectivity index (χ3n) is 3.92. The zero-order chi connectivity index (χ0) is 18.8. The molecule has 0 radical (unpaired) electrons. The lowest BCUT2D eigenvalue weighted by Crippen LogP contribution is -2.29. The predicted molar refractivity (Wildman–Crippen MR) is 105 cm³/mol. The van der Waals surface area contributed by atoms with Crippen LogP contribution in [-0.4, -0.2) is 36.8 Å². The van der Waals surface area contributed by atoms with Gasteiger partial charge in [-0.05, 0) is 50.3 Å². The number of rotatable bonds is 4. The van der Waals surface area contributed by atoms with Crippen LogP contribution in [0.5, 0.6) is 0 Å². The lowest BCUT2D eigenvalue weighted by atomic mass is 10.1. The average molecular weight is 380 g/mol. The Hall–Kier alpha value is -2.26. The normalized spacial score (nSPS) is 11.8. The van der Waals surface area contributed by atoms with E-state index in [9.17, 15) is 8.42 Å². The maximum absolute atomic E-state index is 12.1. The maximum atomic E-state index is 12.1. The van der Waals surface area contributed by atoms with Crippen molar-refractivity contribution < 1.29 is 8.42 Å². The van der Waals surface area contributed by atoms with Crippen molar-refractivity contribution >= 4 is 38.7 Å². The van der Waals surface area contributed by atoms with E-state index in [0.717, 1.165) is 11.3 Å². The Morgan fingerprint density at radius 3 is 2.32 bits per heavy atom. The molecule has 0 saturated heterocycles. The van der Waals surface area contributed by atoms with E-state index in [-0.39, 0.29) is 5.82 Å². The van der Waals surface area contributed by atoms with E-state index in [2.05, 4.69) is 20.6 Å². The first kappa shape index (κ1) is 19.1. The van der Waals surface area contributed by atoms with Crippen LogP contribution in [0.25, 0.3) is 11.4 Å². The van der Waals surface area contributed by atoms with Crippen molar-refractivity contribution in [2.75, 3.05) is 24.4 Å². The minimum Gasteiger partial charge on any atom is -0.384 e. The van der Waals surface area contributed by atoms with E-state index in [4.69, 9.17) is 18.0 Å². The number of nitrogens with two attached hydrogens (primary N) is 1. The quantitative estimate of drug-likeness (QED) is 0.691. The summed E-state index contributed by atoms with van der Waals surface area (Å²) < 4.78 is 23.0. The summed E-state index contributed by atoms with van der Waals surface area (Å²) in [6, 6.07) is 8.77. The largest absolute Gasteiger partial charge is 0.384 e. The third kappa shape index (κ3) is 4.23. The third-order valence-corrected chi connectivity index (χ3v) is 6.29. The summed E-state index contributed by atoms with van der Waals surface area (Å²) >= 11 is 5.05. The lowest BCUT2D eigenvalue weighted by molar-refractivity contribution is 0.556. The zero-order valence-corrected chi connectivity index (χ0v) is 16.1. The Balaban J connectivity index is 2.42. The van der Waals surface area contributed by atoms with Crippen molar-refractivity contribution in [1.82, 2.24) is 15.3 Å². The SMILES string of the molecule is CNC(=S)Nc1ccc(-c2nc(N)cc(C(C)(C)S(C)(=O)=O)n2)cc1. The number of benzene rings is 1. The molecular weight excluding hydrogens is 358 g/mol. The molecule has 1 aromatic carbocycles. The van der Waals surface area contributed by atoms with E-state index in [1.165, 1.54) is 12.3 Å². The first-order valence-corrected chi connectivity index (χ1v) is 9.78. The monoisotopic (exact) mass is 379 g/mol. The average Bonchev–Trinajstić information content (AvgIpc) is 2.53. The topological polar surface area (TPSA) is 110 Å². The molecule has 0 bridgehead atoms. The van der Waals surface area contributed by atoms with Crippen LogP contribution in [0.15, 0.2) is 30.3 Å². The number of anilines is 2. The van der Waals surface area contributed by atoms with Crippen molar-refractivity contribution in [3.8, 4) is 11.4 Å². The van der Waals surface area contributed by atoms with Gasteiger partial charge in [-0.2, -0.15) is 0 Å². The Morgan fingerprint density at radius 1 is 1.20 bits per heavy atom. The van der Waals surface area contributed by atoms with Crippen molar-refractivity contribution in [2.45, 2.75) is 18.6 Å². The molecule has 9 heteroatoms. The van der Waals surface area contributed by atoms with E-state index in [1.54, 1.807) is 20.9 Å². The van der Waals surface area contributed by atoms with E-state index < -0.39 is 14.6 Å². The summed E-state index contributed by atoms with van der Waals surface area (Å²) in [4.78, 5) is 8.64. The van der Waals surface area contributed by atoms with Crippen LogP contribution < -0.4 is 16.4 Å². The van der Waals surface area contributed by atoms with Gasteiger partial charge in [0.05, 0.1) is 5.69 Å². The zero-order valence-electron chi connectivity index (χ0n) is 14.5. The van der Waals surface area contributed by atoms with Crippen molar-refractivity contribution in [2.24, 2.45) is 0 Å². The van der Waals surface area contributed by atoms with Crippen LogP contribution in [0.1, 0.15) is 19.5 Å². The molecule has 25 heavy (non-hydrogen) atoms. The second-order valence-corrected chi connectivity index (χ2v) is 9.04. The summed E-state index contributed by atoms with van der Waals surface area (Å²) in [6.07, 6.45) is 1.18. The first-order valence-electron chi connectivity index (χ1n) is 7.48. The minimum absolute atomic E-state index is 0.218. The Kier molecular flexibility index (Phi) is 5.28. The van der Waals surface area contributed by atoms with Crippen molar-refractivity contribution in [1.29, 1.82) is 0 Å². The lowest BCUT2D eigenvalue weighted by Gasteiger charge is -2.22. The maximum Gasteiger partial charge on any atom is 0.170 e. The van der Waals surface area contributed by atoms with Crippen LogP contribution in [0.4, 0.5) is 11.5 Å². The molecule has 0 aliphatic carbocycles. The number of hydrogen-bond donors (Lipinski definition) is 3. The van der Waals surface area contributed by atoms with Crippen LogP contribution >= 0.6 is 12.2 Å². The molecule has 2 aromatic rings. The second-order valence-electron chi connectivity index (χ2n) is 6.07. The van der Waals surface area contributed by atoms with Crippen LogP contribution in [0, 0.1) is 0 Å². The number of nitrogens with one attached hydrogen (secondary N) is 2. The number of nitrogens with zero attached hydrogens (tertiary/aromatic N) is 2. The van der Waals surface area contributed by atoms with Gasteiger partial charge in [-0.3, -0.25) is 0 Å². The number of thiocarbonyl (C=S) groups is 1. The van der Waals surface area contributed by atoms with E-state index in [1.807, 2.05) is 24.3 Å². The molecule has 7 nitrogen and oxygen atoms in total. The fourth-order valence-corrected chi connectivity index (χ4v) is 2.59. The smallest absolute Gasteiger partial charge is 0.170 e. The van der Waals surface area contributed by atoms with Gasteiger partial charge in [0.2, 0.25) is 0 Å². The summed E-state index contributed by atoms with van der Waals surface area (Å²) in [5.74, 6) is 0.588. The molecule has 0 atom stereocenters. The molecule has 2 rings (SSSR count). The van der Waals surface area contributed by atoms with Gasteiger partial charge < -0.3 is 16.4 Å². The Morgan fingerprint density at radius 2 is 1.80 bits per heavy atom. The Labute approximate surface area is 153 Å². The van der Waals surface area contributed by atoms with Gasteiger partial charge in [-0.1, -0.05) is 0 Å². The highest BCUT2D eigenvalue weighted by atomic mass is 32.2. The first-order chi connectivity index (χ1) is 11.5. The molecule has 0 amide bonds. The minimum atomic E-state index is -3.37. The number of aromatic nitrogens is 2. The fourth-order valence-electron chi connectivity index (χ4n) is 1.99. The molecule has 0 unspecified atom stereocenters. The van der Waals surface area contributed by atoms with Gasteiger partial charge in [-0.25, -0.2) is 18.4 Å². The van der Waals surface area contributed by atoms with Gasteiger partial charge in [0.15, 0.2) is 20.8 Å². The number of nitrogen functional groups attached to an aromatic ring is 1. The predicted octanol–water partition coefficient (Wildman–Crippen LogP) is 1.92. The van der Waals surface area contributed by atoms with Crippen molar-refractivity contribution in [3.05, 3.63) is 36.0 Å². The highest BCUT2D eigenvalue weighted by molar-refractivity contribution is 7.91. The number of sulfone groups is 1. The highest BCUT2D eigenvalue weighted by Crippen LogP contribution is 2.30. The molecule has 0 saturated carbocycles. The van der Waals surface area contributed by atoms with Gasteiger partial charge in [-0.15, -0.1) is 0 Å². The second kappa shape index (κ2) is 6.93. The molecule has 1 heterocycles.